The zero-order valence-corrected chi connectivity index (χ0v) is 12.6. The molecule has 0 aliphatic heterocycles. The van der Waals surface area contributed by atoms with Gasteiger partial charge in [-0.15, -0.1) is 0 Å². The van der Waals surface area contributed by atoms with Crippen LogP contribution in [-0.2, 0) is 0 Å². The first-order valence-electron chi connectivity index (χ1n) is 6.42. The Morgan fingerprint density at radius 3 is 2.48 bits per heavy atom. The third-order valence-corrected chi connectivity index (χ3v) is 3.70. The molecule has 0 fully saturated rings. The lowest BCUT2D eigenvalue weighted by molar-refractivity contribution is 0.102. The lowest BCUT2D eigenvalue weighted by Gasteiger charge is -2.08. The first-order valence-corrected chi connectivity index (χ1v) is 7.21. The molecule has 3 nitrogen and oxygen atoms in total. The summed E-state index contributed by atoms with van der Waals surface area (Å²) in [5, 5.41) is 14.6. The fourth-order valence-corrected chi connectivity index (χ4v) is 2.54. The van der Waals surface area contributed by atoms with Crippen molar-refractivity contribution in [1.29, 1.82) is 0 Å². The van der Waals surface area contributed by atoms with Crippen LogP contribution < -0.4 is 5.32 Å². The number of hydrogen-bond acceptors (Lipinski definition) is 2. The van der Waals surface area contributed by atoms with Crippen molar-refractivity contribution in [1.82, 2.24) is 0 Å². The smallest absolute Gasteiger partial charge is 0.259 e. The number of anilines is 1. The topological polar surface area (TPSA) is 49.3 Å². The van der Waals surface area contributed by atoms with Gasteiger partial charge in [-0.2, -0.15) is 0 Å². The van der Waals surface area contributed by atoms with Crippen molar-refractivity contribution in [2.45, 2.75) is 0 Å². The summed E-state index contributed by atoms with van der Waals surface area (Å²) in [6, 6.07) is 18.1. The zero-order chi connectivity index (χ0) is 14.8. The molecule has 0 aliphatic rings. The molecule has 104 valence electrons. The maximum atomic E-state index is 12.1. The number of hydrogen-bond donors (Lipinski definition) is 2. The standard InChI is InChI=1S/C17H12BrNO2/c18-13-7-5-12-10-14(8-6-11(12)9-13)19-17(21)15-3-1-2-4-16(15)20/h1-10,20H,(H,19,21). The van der Waals surface area contributed by atoms with Gasteiger partial charge in [-0.25, -0.2) is 0 Å². The van der Waals surface area contributed by atoms with Crippen LogP contribution in [0.2, 0.25) is 0 Å². The second-order valence-corrected chi connectivity index (χ2v) is 5.59. The van der Waals surface area contributed by atoms with E-state index in [-0.39, 0.29) is 17.2 Å². The number of nitrogens with one attached hydrogen (secondary N) is 1. The summed E-state index contributed by atoms with van der Waals surface area (Å²) in [5.74, 6) is -0.357. The van der Waals surface area contributed by atoms with E-state index in [2.05, 4.69) is 21.2 Å². The number of fused-ring (bicyclic) bond motifs is 1. The molecule has 0 spiro atoms. The predicted molar refractivity (Wildman–Crippen MR) is 87.7 cm³/mol. The van der Waals surface area contributed by atoms with Crippen LogP contribution in [0.3, 0.4) is 0 Å². The van der Waals surface area contributed by atoms with Crippen LogP contribution in [0, 0.1) is 0 Å². The van der Waals surface area contributed by atoms with E-state index in [1.165, 1.54) is 6.07 Å². The minimum absolute atomic E-state index is 0.0280. The van der Waals surface area contributed by atoms with Crippen molar-refractivity contribution >= 4 is 38.3 Å². The highest BCUT2D eigenvalue weighted by Crippen LogP contribution is 2.24. The monoisotopic (exact) mass is 341 g/mol. The SMILES string of the molecule is O=C(Nc1ccc2cc(Br)ccc2c1)c1ccccc1O. The first kappa shape index (κ1) is 13.6. The number of benzene rings is 3. The maximum Gasteiger partial charge on any atom is 0.259 e. The summed E-state index contributed by atoms with van der Waals surface area (Å²) in [6.07, 6.45) is 0. The Morgan fingerprint density at radius 2 is 1.67 bits per heavy atom. The third-order valence-electron chi connectivity index (χ3n) is 3.21. The zero-order valence-electron chi connectivity index (χ0n) is 11.0. The molecule has 3 aromatic rings. The molecule has 0 saturated heterocycles. The predicted octanol–water partition coefficient (Wildman–Crippen LogP) is 4.56. The van der Waals surface area contributed by atoms with E-state index in [0.717, 1.165) is 15.2 Å². The van der Waals surface area contributed by atoms with E-state index in [9.17, 15) is 9.90 Å². The number of halogens is 1. The molecule has 0 aromatic heterocycles. The highest BCUT2D eigenvalue weighted by Gasteiger charge is 2.10. The Bertz CT molecular complexity index is 830. The number of phenols is 1. The third kappa shape index (κ3) is 2.90. The normalized spacial score (nSPS) is 10.5. The summed E-state index contributed by atoms with van der Waals surface area (Å²) in [4.78, 5) is 12.1. The van der Waals surface area contributed by atoms with Crippen LogP contribution in [0.1, 0.15) is 10.4 Å². The molecule has 4 heteroatoms. The molecule has 1 amide bonds. The number of amides is 1. The Kier molecular flexibility index (Phi) is 3.62. The van der Waals surface area contributed by atoms with E-state index < -0.39 is 0 Å². The van der Waals surface area contributed by atoms with Crippen LogP contribution in [0.4, 0.5) is 5.69 Å². The van der Waals surface area contributed by atoms with Gasteiger partial charge in [0.2, 0.25) is 0 Å². The summed E-state index contributed by atoms with van der Waals surface area (Å²) in [5.41, 5.74) is 0.950. The highest BCUT2D eigenvalue weighted by atomic mass is 79.9. The molecule has 3 aromatic carbocycles. The molecule has 3 rings (SSSR count). The Hall–Kier alpha value is -2.33. The lowest BCUT2D eigenvalue weighted by Crippen LogP contribution is -2.11. The molecule has 2 N–H and O–H groups in total. The van der Waals surface area contributed by atoms with Crippen molar-refractivity contribution in [3.63, 3.8) is 0 Å². The van der Waals surface area contributed by atoms with Crippen molar-refractivity contribution in [3.8, 4) is 5.75 Å². The van der Waals surface area contributed by atoms with Gasteiger partial charge in [0, 0.05) is 10.2 Å². The van der Waals surface area contributed by atoms with Gasteiger partial charge in [-0.1, -0.05) is 40.2 Å². The second kappa shape index (κ2) is 5.58. The van der Waals surface area contributed by atoms with E-state index in [1.54, 1.807) is 18.2 Å². The molecule has 0 aliphatic carbocycles. The minimum Gasteiger partial charge on any atom is -0.507 e. The van der Waals surface area contributed by atoms with Gasteiger partial charge in [0.05, 0.1) is 5.56 Å². The Morgan fingerprint density at radius 1 is 0.952 bits per heavy atom. The summed E-state index contributed by atoms with van der Waals surface area (Å²) in [6.45, 7) is 0. The van der Waals surface area contributed by atoms with Crippen molar-refractivity contribution < 1.29 is 9.90 Å². The number of aromatic hydroxyl groups is 1. The van der Waals surface area contributed by atoms with E-state index in [4.69, 9.17) is 0 Å². The summed E-state index contributed by atoms with van der Waals surface area (Å²) >= 11 is 3.43. The van der Waals surface area contributed by atoms with Crippen LogP contribution in [0.25, 0.3) is 10.8 Å². The number of phenolic OH excluding ortho intramolecular Hbond substituents is 1. The summed E-state index contributed by atoms with van der Waals surface area (Å²) < 4.78 is 1.01. The fourth-order valence-electron chi connectivity index (χ4n) is 2.16. The molecule has 21 heavy (non-hydrogen) atoms. The van der Waals surface area contributed by atoms with E-state index >= 15 is 0 Å². The van der Waals surface area contributed by atoms with Gasteiger partial charge in [0.15, 0.2) is 0 Å². The van der Waals surface area contributed by atoms with Crippen LogP contribution >= 0.6 is 15.9 Å². The molecule has 0 unspecified atom stereocenters. The van der Waals surface area contributed by atoms with Gasteiger partial charge >= 0.3 is 0 Å². The molecule has 0 radical (unpaired) electrons. The van der Waals surface area contributed by atoms with Gasteiger partial charge in [-0.05, 0) is 47.2 Å². The van der Waals surface area contributed by atoms with Gasteiger partial charge in [0.1, 0.15) is 5.75 Å². The average Bonchev–Trinajstić information content (AvgIpc) is 2.48. The molecular weight excluding hydrogens is 330 g/mol. The van der Waals surface area contributed by atoms with Gasteiger partial charge < -0.3 is 10.4 Å². The van der Waals surface area contributed by atoms with Crippen molar-refractivity contribution in [3.05, 3.63) is 70.7 Å². The minimum atomic E-state index is -0.329. The van der Waals surface area contributed by atoms with E-state index in [0.29, 0.717) is 5.69 Å². The molecule has 0 bridgehead atoms. The quantitative estimate of drug-likeness (QED) is 0.717. The largest absolute Gasteiger partial charge is 0.507 e. The molecule has 0 atom stereocenters. The Labute approximate surface area is 130 Å². The second-order valence-electron chi connectivity index (χ2n) is 4.68. The molecule has 0 heterocycles. The lowest BCUT2D eigenvalue weighted by atomic mass is 10.1. The van der Waals surface area contributed by atoms with Gasteiger partial charge in [0.25, 0.3) is 5.91 Å². The number of rotatable bonds is 2. The Balaban J connectivity index is 1.90. The van der Waals surface area contributed by atoms with Gasteiger partial charge in [-0.3, -0.25) is 4.79 Å². The van der Waals surface area contributed by atoms with Crippen molar-refractivity contribution in [2.75, 3.05) is 5.32 Å². The number of para-hydroxylation sites is 1. The summed E-state index contributed by atoms with van der Waals surface area (Å²) in [7, 11) is 0. The first-order chi connectivity index (χ1) is 10.1. The average molecular weight is 342 g/mol. The number of carbonyl (C=O) groups excluding carboxylic acids is 1. The van der Waals surface area contributed by atoms with Crippen LogP contribution in [0.15, 0.2) is 65.1 Å². The molecular formula is C17H12BrNO2. The maximum absolute atomic E-state index is 12.1. The van der Waals surface area contributed by atoms with Crippen molar-refractivity contribution in [2.24, 2.45) is 0 Å². The number of carbonyl (C=O) groups is 1. The highest BCUT2D eigenvalue weighted by molar-refractivity contribution is 9.10. The van der Waals surface area contributed by atoms with Crippen LogP contribution in [0.5, 0.6) is 5.75 Å². The fraction of sp³-hybridized carbons (Fsp3) is 0. The van der Waals surface area contributed by atoms with E-state index in [1.807, 2.05) is 36.4 Å². The van der Waals surface area contributed by atoms with Crippen LogP contribution in [-0.4, -0.2) is 11.0 Å². The molecule has 0 saturated carbocycles.